The van der Waals surface area contributed by atoms with Crippen molar-refractivity contribution in [3.05, 3.63) is 118 Å². The van der Waals surface area contributed by atoms with Gasteiger partial charge in [0.1, 0.15) is 23.0 Å². The highest BCUT2D eigenvalue weighted by Crippen LogP contribution is 2.32. The van der Waals surface area contributed by atoms with E-state index in [4.69, 9.17) is 14.7 Å². The molecule has 1 fully saturated rings. The molecule has 46 heavy (non-hydrogen) atoms. The Bertz CT molecular complexity index is 2030. The summed E-state index contributed by atoms with van der Waals surface area (Å²) in [6.45, 7) is 10.9. The van der Waals surface area contributed by atoms with E-state index in [1.54, 1.807) is 0 Å². The molecule has 0 radical (unpaired) electrons. The third-order valence-corrected chi connectivity index (χ3v) is 8.95. The van der Waals surface area contributed by atoms with Gasteiger partial charge in [0.2, 0.25) is 0 Å². The number of hydrogen-bond acceptors (Lipinski definition) is 5. The number of likely N-dealkylation sites (tertiary alicyclic amines) is 1. The van der Waals surface area contributed by atoms with Crippen LogP contribution in [0.25, 0.3) is 33.5 Å². The predicted molar refractivity (Wildman–Crippen MR) is 186 cm³/mol. The Labute approximate surface area is 269 Å². The molecule has 0 aliphatic carbocycles. The summed E-state index contributed by atoms with van der Waals surface area (Å²) in [4.78, 5) is 28.6. The van der Waals surface area contributed by atoms with E-state index < -0.39 is 0 Å². The van der Waals surface area contributed by atoms with Crippen LogP contribution in [0, 0.1) is 0 Å². The quantitative estimate of drug-likeness (QED) is 0.179. The molecule has 1 saturated heterocycles. The van der Waals surface area contributed by atoms with Gasteiger partial charge in [0.05, 0.1) is 22.1 Å². The fourth-order valence-electron chi connectivity index (χ4n) is 6.42. The van der Waals surface area contributed by atoms with E-state index in [0.717, 1.165) is 64.5 Å². The smallest absolute Gasteiger partial charge is 0.270 e. The molecule has 0 saturated carbocycles. The van der Waals surface area contributed by atoms with Crippen molar-refractivity contribution in [3.8, 4) is 22.9 Å². The van der Waals surface area contributed by atoms with Gasteiger partial charge in [-0.2, -0.15) is 0 Å². The maximum atomic E-state index is 13.0. The monoisotopic (exact) mass is 611 g/mol. The number of nitrogens with zero attached hydrogens (tertiary/aromatic N) is 4. The molecule has 7 heteroatoms. The highest BCUT2D eigenvalue weighted by molar-refractivity contribution is 5.93. The molecule has 7 rings (SSSR count). The lowest BCUT2D eigenvalue weighted by molar-refractivity contribution is 0.326. The Morgan fingerprint density at radius 3 is 2.35 bits per heavy atom. The van der Waals surface area contributed by atoms with E-state index in [2.05, 4.69) is 65.6 Å². The number of imidazole rings is 1. The SMILES string of the molecule is CC(C)(C)c1ccc(Oc2cccc(-c3nc4cc5[nH]c(=O)c(Cc6ccccc6)nc5cc4n3CCCN3CCCC3)c2)cc1. The first kappa shape index (κ1) is 29.9. The summed E-state index contributed by atoms with van der Waals surface area (Å²) in [7, 11) is 0. The molecule has 0 unspecified atom stereocenters. The molecule has 0 amide bonds. The zero-order valence-corrected chi connectivity index (χ0v) is 26.9. The summed E-state index contributed by atoms with van der Waals surface area (Å²) in [5.74, 6) is 2.45. The van der Waals surface area contributed by atoms with Crippen molar-refractivity contribution in [1.29, 1.82) is 0 Å². The number of nitrogens with one attached hydrogen (secondary N) is 1. The molecule has 0 atom stereocenters. The first-order chi connectivity index (χ1) is 22.3. The largest absolute Gasteiger partial charge is 0.457 e. The van der Waals surface area contributed by atoms with Gasteiger partial charge in [-0.3, -0.25) is 4.79 Å². The van der Waals surface area contributed by atoms with Gasteiger partial charge in [0.15, 0.2) is 0 Å². The van der Waals surface area contributed by atoms with E-state index in [0.29, 0.717) is 17.6 Å². The Morgan fingerprint density at radius 1 is 0.804 bits per heavy atom. The molecule has 1 aliphatic rings. The Balaban J connectivity index is 1.25. The van der Waals surface area contributed by atoms with Crippen LogP contribution in [0.5, 0.6) is 11.5 Å². The molecule has 234 valence electrons. The number of aromatic nitrogens is 4. The number of rotatable bonds is 9. The number of aryl methyl sites for hydroxylation is 1. The van der Waals surface area contributed by atoms with Crippen LogP contribution in [0.15, 0.2) is 95.8 Å². The summed E-state index contributed by atoms with van der Waals surface area (Å²) >= 11 is 0. The number of H-pyrrole nitrogens is 1. The van der Waals surface area contributed by atoms with Crippen molar-refractivity contribution in [3.63, 3.8) is 0 Å². The molecule has 0 bridgehead atoms. The standard InChI is InChI=1S/C39H41N5O2/c1-39(2,3)29-15-17-30(18-16-29)46-31-14-9-13-28(24-31)37-41-34-25-32-33(26-36(34)44(37)22-10-21-43-19-7-8-20-43)40-35(38(45)42-32)23-27-11-5-4-6-12-27/h4-6,9,11-18,24-26H,7-8,10,19-23H2,1-3H3,(H,42,45). The lowest BCUT2D eigenvalue weighted by Gasteiger charge is -2.19. The van der Waals surface area contributed by atoms with Crippen LogP contribution >= 0.6 is 0 Å². The van der Waals surface area contributed by atoms with Crippen LogP contribution in [0.2, 0.25) is 0 Å². The second-order valence-electron chi connectivity index (χ2n) is 13.4. The van der Waals surface area contributed by atoms with Crippen molar-refractivity contribution >= 4 is 22.1 Å². The zero-order valence-electron chi connectivity index (χ0n) is 26.9. The topological polar surface area (TPSA) is 76.0 Å². The van der Waals surface area contributed by atoms with Crippen LogP contribution < -0.4 is 10.3 Å². The molecule has 6 aromatic rings. The van der Waals surface area contributed by atoms with Crippen LogP contribution in [-0.4, -0.2) is 44.1 Å². The van der Waals surface area contributed by atoms with Gasteiger partial charge in [-0.15, -0.1) is 0 Å². The maximum absolute atomic E-state index is 13.0. The Morgan fingerprint density at radius 2 is 1.59 bits per heavy atom. The molecule has 2 aromatic heterocycles. The molecule has 3 heterocycles. The van der Waals surface area contributed by atoms with Crippen LogP contribution in [0.3, 0.4) is 0 Å². The van der Waals surface area contributed by atoms with E-state index in [-0.39, 0.29) is 11.0 Å². The van der Waals surface area contributed by atoms with Crippen molar-refractivity contribution < 1.29 is 4.74 Å². The third kappa shape index (κ3) is 6.46. The lowest BCUT2D eigenvalue weighted by Crippen LogP contribution is -2.21. The van der Waals surface area contributed by atoms with Gasteiger partial charge in [-0.1, -0.05) is 75.4 Å². The van der Waals surface area contributed by atoms with Gasteiger partial charge in [0, 0.05) is 18.5 Å². The molecule has 7 nitrogen and oxygen atoms in total. The third-order valence-electron chi connectivity index (χ3n) is 8.95. The lowest BCUT2D eigenvalue weighted by atomic mass is 9.87. The van der Waals surface area contributed by atoms with Gasteiger partial charge in [-0.05, 0) is 91.8 Å². The number of benzene rings is 4. The van der Waals surface area contributed by atoms with Crippen molar-refractivity contribution in [1.82, 2.24) is 24.4 Å². The fourth-order valence-corrected chi connectivity index (χ4v) is 6.42. The summed E-state index contributed by atoms with van der Waals surface area (Å²) in [6.07, 6.45) is 4.07. The number of hydrogen-bond donors (Lipinski definition) is 1. The summed E-state index contributed by atoms with van der Waals surface area (Å²) < 4.78 is 8.63. The number of aromatic amines is 1. The summed E-state index contributed by atoms with van der Waals surface area (Å²) in [5.41, 5.74) is 7.05. The van der Waals surface area contributed by atoms with E-state index >= 15 is 0 Å². The van der Waals surface area contributed by atoms with Crippen LogP contribution in [0.4, 0.5) is 0 Å². The molecular weight excluding hydrogens is 570 g/mol. The van der Waals surface area contributed by atoms with Gasteiger partial charge in [-0.25, -0.2) is 9.97 Å². The van der Waals surface area contributed by atoms with Crippen molar-refractivity contribution in [2.45, 2.75) is 58.4 Å². The van der Waals surface area contributed by atoms with E-state index in [1.165, 1.54) is 31.5 Å². The average Bonchev–Trinajstić information content (AvgIpc) is 3.69. The van der Waals surface area contributed by atoms with E-state index in [1.807, 2.05) is 60.7 Å². The highest BCUT2D eigenvalue weighted by Gasteiger charge is 2.18. The number of fused-ring (bicyclic) bond motifs is 2. The molecule has 0 spiro atoms. The van der Waals surface area contributed by atoms with Gasteiger partial charge >= 0.3 is 0 Å². The first-order valence-corrected chi connectivity index (χ1v) is 16.4. The Kier molecular flexibility index (Phi) is 8.18. The average molecular weight is 612 g/mol. The maximum Gasteiger partial charge on any atom is 0.270 e. The van der Waals surface area contributed by atoms with Gasteiger partial charge in [0.25, 0.3) is 5.56 Å². The van der Waals surface area contributed by atoms with Crippen molar-refractivity contribution in [2.24, 2.45) is 0 Å². The van der Waals surface area contributed by atoms with E-state index in [9.17, 15) is 4.79 Å². The van der Waals surface area contributed by atoms with Crippen LogP contribution in [0.1, 0.15) is 56.9 Å². The molecule has 1 N–H and O–H groups in total. The Hall–Kier alpha value is -4.75. The second kappa shape index (κ2) is 12.6. The van der Waals surface area contributed by atoms with Crippen LogP contribution in [-0.2, 0) is 18.4 Å². The minimum absolute atomic E-state index is 0.0864. The summed E-state index contributed by atoms with van der Waals surface area (Å²) in [5, 5.41) is 0. The first-order valence-electron chi connectivity index (χ1n) is 16.4. The fraction of sp³-hybridized carbons (Fsp3) is 0.308. The van der Waals surface area contributed by atoms with Gasteiger partial charge < -0.3 is 19.2 Å². The zero-order chi connectivity index (χ0) is 31.7. The van der Waals surface area contributed by atoms with Crippen molar-refractivity contribution in [2.75, 3.05) is 19.6 Å². The minimum Gasteiger partial charge on any atom is -0.457 e. The number of ether oxygens (including phenoxy) is 1. The highest BCUT2D eigenvalue weighted by atomic mass is 16.5. The predicted octanol–water partition coefficient (Wildman–Crippen LogP) is 8.11. The molecule has 1 aliphatic heterocycles. The second-order valence-corrected chi connectivity index (χ2v) is 13.4. The minimum atomic E-state index is -0.165. The normalized spacial score (nSPS) is 14.0. The molecular formula is C39H41N5O2. The molecule has 4 aromatic carbocycles. The summed E-state index contributed by atoms with van der Waals surface area (Å²) in [6, 6.07) is 30.5.